The Bertz CT molecular complexity index is 892. The molecule has 0 unspecified atom stereocenters. The third-order valence-corrected chi connectivity index (χ3v) is 7.58. The summed E-state index contributed by atoms with van der Waals surface area (Å²) in [6.07, 6.45) is 11.7. The van der Waals surface area contributed by atoms with Crippen LogP contribution in [0.2, 0.25) is 5.02 Å². The molecule has 0 amide bonds. The Labute approximate surface area is 220 Å². The van der Waals surface area contributed by atoms with Gasteiger partial charge in [-0.15, -0.1) is 12.8 Å². The molecule has 0 aromatic carbocycles. The van der Waals surface area contributed by atoms with E-state index in [1.165, 1.54) is 50.3 Å². The number of thiol groups is 1. The first-order valence-corrected chi connectivity index (χ1v) is 13.5. The van der Waals surface area contributed by atoms with Gasteiger partial charge in [-0.25, -0.2) is 15.0 Å². The second kappa shape index (κ2) is 13.6. The molecule has 10 heteroatoms. The van der Waals surface area contributed by atoms with E-state index in [0.29, 0.717) is 21.3 Å². The zero-order chi connectivity index (χ0) is 25.3. The average Bonchev–Trinajstić information content (AvgIpc) is 3.25. The largest absolute Gasteiger partial charge is 0.381 e. The summed E-state index contributed by atoms with van der Waals surface area (Å²) in [4.78, 5) is 18.6. The molecule has 2 aromatic rings. The fraction of sp³-hybridized carbons (Fsp3) is 0.625. The summed E-state index contributed by atoms with van der Waals surface area (Å²) in [6.45, 7) is 8.59. The number of hydrogen-bond acceptors (Lipinski definition) is 9. The Hall–Kier alpha value is -1.42. The van der Waals surface area contributed by atoms with Crippen molar-refractivity contribution >= 4 is 53.6 Å². The minimum atomic E-state index is 0.447. The van der Waals surface area contributed by atoms with Crippen molar-refractivity contribution in [3.8, 4) is 0 Å². The van der Waals surface area contributed by atoms with Crippen molar-refractivity contribution in [2.75, 3.05) is 42.7 Å². The van der Waals surface area contributed by atoms with Crippen LogP contribution >= 0.6 is 36.2 Å². The maximum Gasteiger partial charge on any atom is 0.158 e. The van der Waals surface area contributed by atoms with Crippen LogP contribution in [0.15, 0.2) is 28.4 Å². The molecule has 1 aliphatic heterocycles. The van der Waals surface area contributed by atoms with Crippen LogP contribution < -0.4 is 20.7 Å². The molecule has 1 spiro atoms. The van der Waals surface area contributed by atoms with Crippen molar-refractivity contribution in [2.45, 2.75) is 69.2 Å². The second-order valence-corrected chi connectivity index (χ2v) is 11.2. The normalized spacial score (nSPS) is 16.6. The maximum absolute atomic E-state index is 6.50. The van der Waals surface area contributed by atoms with Gasteiger partial charge in [0.05, 0.1) is 11.2 Å². The molecule has 7 nitrogen and oxygen atoms in total. The Balaban J connectivity index is 0.000000618. The Morgan fingerprint density at radius 3 is 2.21 bits per heavy atom. The lowest BCUT2D eigenvalue weighted by atomic mass is 9.77. The molecule has 34 heavy (non-hydrogen) atoms. The molecule has 0 atom stereocenters. The summed E-state index contributed by atoms with van der Waals surface area (Å²) >= 11 is 11.0. The van der Waals surface area contributed by atoms with E-state index in [1.54, 1.807) is 6.20 Å². The zero-order valence-corrected chi connectivity index (χ0v) is 23.6. The van der Waals surface area contributed by atoms with Crippen molar-refractivity contribution in [1.29, 1.82) is 0 Å². The van der Waals surface area contributed by atoms with E-state index in [-0.39, 0.29) is 0 Å². The Kier molecular flexibility index (Phi) is 11.5. The van der Waals surface area contributed by atoms with Gasteiger partial charge in [-0.3, -0.25) is 5.14 Å². The van der Waals surface area contributed by atoms with E-state index in [1.807, 2.05) is 31.3 Å². The number of nitrogens with zero attached hydrogens (tertiary/aromatic N) is 5. The number of piperidine rings is 1. The van der Waals surface area contributed by atoms with Crippen molar-refractivity contribution in [1.82, 2.24) is 15.0 Å². The number of nitrogens with two attached hydrogens (primary N) is 2. The van der Waals surface area contributed by atoms with E-state index in [9.17, 15) is 0 Å². The van der Waals surface area contributed by atoms with Gasteiger partial charge in [-0.05, 0) is 43.1 Å². The standard InChI is InChI=1S/C20H27ClN6S.C4H10.H3NS/c1-26(2)18-16(21)14(5-10-23-18)28-19-17(22)25-15(13-24-19)27-11-8-20(9-12-27)6-3-4-7-20;1-4(2)3;1-2/h5,10,13H,3-4,6-9,11-12H2,1-2H3,(H2,22,25);4H,1-3H3;2H,1H2. The molecule has 3 heterocycles. The summed E-state index contributed by atoms with van der Waals surface area (Å²) in [7, 11) is 3.83. The van der Waals surface area contributed by atoms with Crippen molar-refractivity contribution in [2.24, 2.45) is 16.5 Å². The maximum atomic E-state index is 6.50. The van der Waals surface area contributed by atoms with Crippen LogP contribution in [-0.2, 0) is 0 Å². The van der Waals surface area contributed by atoms with Gasteiger partial charge < -0.3 is 15.5 Å². The second-order valence-electron chi connectivity index (χ2n) is 9.79. The number of anilines is 3. The SMILES string of the molecule is CC(C)C.CN(C)c1nccc(Sc2ncc(N3CCC4(CCCC4)CC3)nc2N)c1Cl.NS. The van der Waals surface area contributed by atoms with Gasteiger partial charge >= 0.3 is 0 Å². The lowest BCUT2D eigenvalue weighted by molar-refractivity contribution is 0.226. The predicted octanol–water partition coefficient (Wildman–Crippen LogP) is 5.94. The highest BCUT2D eigenvalue weighted by atomic mass is 35.5. The smallest absolute Gasteiger partial charge is 0.158 e. The molecule has 4 rings (SSSR count). The fourth-order valence-corrected chi connectivity index (χ4v) is 5.53. The monoisotopic (exact) mass is 525 g/mol. The first-order chi connectivity index (χ1) is 16.2. The summed E-state index contributed by atoms with van der Waals surface area (Å²) in [5.41, 5.74) is 6.84. The van der Waals surface area contributed by atoms with Gasteiger partial charge in [-0.2, -0.15) is 0 Å². The third-order valence-electron chi connectivity index (χ3n) is 6.03. The first-order valence-electron chi connectivity index (χ1n) is 11.8. The van der Waals surface area contributed by atoms with E-state index in [4.69, 9.17) is 17.3 Å². The predicted molar refractivity (Wildman–Crippen MR) is 150 cm³/mol. The molecule has 2 fully saturated rings. The number of nitrogen functional groups attached to an aromatic ring is 1. The highest BCUT2D eigenvalue weighted by Crippen LogP contribution is 2.46. The highest BCUT2D eigenvalue weighted by Gasteiger charge is 2.37. The lowest BCUT2D eigenvalue weighted by Gasteiger charge is -2.39. The molecule has 0 radical (unpaired) electrons. The van der Waals surface area contributed by atoms with Crippen LogP contribution in [0.5, 0.6) is 0 Å². The van der Waals surface area contributed by atoms with E-state index in [2.05, 4.69) is 58.6 Å². The van der Waals surface area contributed by atoms with Crippen LogP contribution in [0.25, 0.3) is 0 Å². The summed E-state index contributed by atoms with van der Waals surface area (Å²) in [5, 5.41) is 5.46. The topological polar surface area (TPSA) is 97.2 Å². The third kappa shape index (κ3) is 7.80. The molecule has 2 aliphatic rings. The Morgan fingerprint density at radius 2 is 1.68 bits per heavy atom. The minimum absolute atomic E-state index is 0.447. The summed E-state index contributed by atoms with van der Waals surface area (Å²) < 4.78 is 0. The van der Waals surface area contributed by atoms with E-state index >= 15 is 0 Å². The molecule has 4 N–H and O–H groups in total. The minimum Gasteiger partial charge on any atom is -0.381 e. The molecule has 2 aromatic heterocycles. The molecule has 1 saturated carbocycles. The molecule has 1 saturated heterocycles. The quantitative estimate of drug-likeness (QED) is 0.422. The van der Waals surface area contributed by atoms with Gasteiger partial charge in [0, 0.05) is 38.3 Å². The zero-order valence-electron chi connectivity index (χ0n) is 21.1. The van der Waals surface area contributed by atoms with Crippen molar-refractivity contribution in [3.63, 3.8) is 0 Å². The first kappa shape index (κ1) is 28.8. The van der Waals surface area contributed by atoms with Crippen LogP contribution in [-0.4, -0.2) is 42.1 Å². The number of aromatic nitrogens is 3. The highest BCUT2D eigenvalue weighted by molar-refractivity contribution is 7.99. The van der Waals surface area contributed by atoms with Crippen LogP contribution in [0.4, 0.5) is 17.5 Å². The Morgan fingerprint density at radius 1 is 1.09 bits per heavy atom. The molecule has 190 valence electrons. The number of hydrogen-bond donors (Lipinski definition) is 3. The number of pyridine rings is 1. The van der Waals surface area contributed by atoms with Gasteiger partial charge in [0.25, 0.3) is 0 Å². The van der Waals surface area contributed by atoms with Crippen molar-refractivity contribution in [3.05, 3.63) is 23.5 Å². The molecule has 1 aliphatic carbocycles. The van der Waals surface area contributed by atoms with Crippen LogP contribution in [0.1, 0.15) is 59.3 Å². The molecular weight excluding hydrogens is 486 g/mol. The van der Waals surface area contributed by atoms with Gasteiger partial charge in [-0.1, -0.05) is 57.0 Å². The lowest BCUT2D eigenvalue weighted by Crippen LogP contribution is -2.39. The van der Waals surface area contributed by atoms with E-state index < -0.39 is 0 Å². The van der Waals surface area contributed by atoms with Gasteiger partial charge in [0.1, 0.15) is 16.7 Å². The molecular formula is C24H40ClN7S2. The van der Waals surface area contributed by atoms with Crippen molar-refractivity contribution < 1.29 is 0 Å². The van der Waals surface area contributed by atoms with E-state index in [0.717, 1.165) is 35.5 Å². The molecule has 0 bridgehead atoms. The fourth-order valence-electron chi connectivity index (χ4n) is 4.36. The summed E-state index contributed by atoms with van der Waals surface area (Å²) in [6, 6.07) is 1.88. The average molecular weight is 526 g/mol. The van der Waals surface area contributed by atoms with Gasteiger partial charge in [0.15, 0.2) is 5.82 Å². The van der Waals surface area contributed by atoms with Crippen LogP contribution in [0.3, 0.4) is 0 Å². The number of rotatable bonds is 4. The number of halogens is 1. The van der Waals surface area contributed by atoms with Crippen LogP contribution in [0, 0.1) is 11.3 Å². The summed E-state index contributed by atoms with van der Waals surface area (Å²) in [5.74, 6) is 2.89. The van der Waals surface area contributed by atoms with Gasteiger partial charge in [0.2, 0.25) is 0 Å².